The topological polar surface area (TPSA) is 286 Å². The van der Waals surface area contributed by atoms with E-state index in [1.165, 1.54) is 372 Å². The van der Waals surface area contributed by atoms with Crippen LogP contribution in [0.2, 0.25) is 20.5 Å². The fourth-order valence-corrected chi connectivity index (χ4v) is 16.0. The monoisotopic (exact) mass is 1710 g/mol. The predicted molar refractivity (Wildman–Crippen MR) is 525 cm³/mol. The molecule has 5 atom stereocenters. The van der Waals surface area contributed by atoms with Crippen molar-refractivity contribution < 1.29 is 43.9 Å². The summed E-state index contributed by atoms with van der Waals surface area (Å²) in [5.41, 5.74) is 11.6. The molecule has 0 aromatic carbocycles. The minimum Gasteiger partial charge on any atom is -0.437 e. The SMILES string of the molecule is CCCCCCCCCCCCCCCC(C)CN.CCCCCCCCCCCCCCCC(C)CNC(=O)[C@@H](N)CCCCNB(C)O.CCCCCCCCCCCCCCCCCCN(CCCCCCCCCCCCCCCCCC)C(=O)[C@H](CCCCNB(C)O)NC.CN[C@@H](CCCCNB(C)O)C(=O)ON1C(=O)CCC1=O. The van der Waals surface area contributed by atoms with Gasteiger partial charge in [0.1, 0.15) is 6.04 Å². The van der Waals surface area contributed by atoms with Gasteiger partial charge in [0.15, 0.2) is 0 Å². The number of nitrogens with one attached hydrogen (secondary N) is 6. The quantitative estimate of drug-likeness (QED) is 0.0153. The number of nitrogens with zero attached hydrogens (tertiary/aromatic N) is 2. The van der Waals surface area contributed by atoms with E-state index in [2.05, 4.69) is 78.1 Å². The lowest BCUT2D eigenvalue weighted by atomic mass is 9.89. The van der Waals surface area contributed by atoms with Crippen LogP contribution in [0, 0.1) is 11.8 Å². The zero-order valence-electron chi connectivity index (χ0n) is 82.1. The Morgan fingerprint density at radius 1 is 0.372 bits per heavy atom. The Bertz CT molecular complexity index is 2120. The molecule has 0 aromatic rings. The third-order valence-electron chi connectivity index (χ3n) is 24.4. The molecule has 0 aliphatic carbocycles. The van der Waals surface area contributed by atoms with Crippen LogP contribution in [0.5, 0.6) is 0 Å². The number of hydrogen-bond donors (Lipinski definition) is 11. The maximum atomic E-state index is 13.6. The van der Waals surface area contributed by atoms with Gasteiger partial charge in [-0.25, -0.2) is 4.79 Å². The van der Waals surface area contributed by atoms with Crippen LogP contribution in [0.15, 0.2) is 0 Å². The molecule has 0 spiro atoms. The van der Waals surface area contributed by atoms with Crippen LogP contribution in [0.25, 0.3) is 0 Å². The van der Waals surface area contributed by atoms with Crippen LogP contribution in [0.4, 0.5) is 0 Å². The summed E-state index contributed by atoms with van der Waals surface area (Å²) in [5, 5.41) is 46.2. The number of amides is 4. The van der Waals surface area contributed by atoms with Gasteiger partial charge in [0, 0.05) is 32.5 Å². The predicted octanol–water partition coefficient (Wildman–Crippen LogP) is 23.3. The average Bonchev–Trinajstić information content (AvgIpc) is 1.72. The van der Waals surface area contributed by atoms with Crippen molar-refractivity contribution in [3.63, 3.8) is 0 Å². The van der Waals surface area contributed by atoms with Crippen LogP contribution < -0.4 is 43.1 Å². The summed E-state index contributed by atoms with van der Waals surface area (Å²) in [4.78, 5) is 67.5. The van der Waals surface area contributed by atoms with Crippen LogP contribution >= 0.6 is 0 Å². The van der Waals surface area contributed by atoms with Gasteiger partial charge < -0.3 is 67.9 Å². The average molecular weight is 1710 g/mol. The number of carbonyl (C=O) groups is 5. The summed E-state index contributed by atoms with van der Waals surface area (Å²) in [6.07, 6.45) is 90.9. The van der Waals surface area contributed by atoms with Gasteiger partial charge in [-0.15, -0.1) is 5.06 Å². The molecule has 1 saturated heterocycles. The van der Waals surface area contributed by atoms with E-state index >= 15 is 0 Å². The van der Waals surface area contributed by atoms with Gasteiger partial charge >= 0.3 is 27.1 Å². The first-order valence-electron chi connectivity index (χ1n) is 52.5. The highest BCUT2D eigenvalue weighted by Crippen LogP contribution is 2.22. The lowest BCUT2D eigenvalue weighted by Gasteiger charge is -2.27. The molecule has 716 valence electrons. The molecule has 1 aliphatic rings. The number of rotatable bonds is 89. The van der Waals surface area contributed by atoms with E-state index in [1.807, 2.05) is 7.05 Å². The largest absolute Gasteiger partial charge is 0.437 e. The van der Waals surface area contributed by atoms with E-state index < -0.39 is 51.0 Å². The third kappa shape index (κ3) is 90.5. The van der Waals surface area contributed by atoms with Gasteiger partial charge in [-0.1, -0.05) is 420 Å². The normalized spacial score (nSPS) is 13.2. The van der Waals surface area contributed by atoms with Crippen molar-refractivity contribution in [2.24, 2.45) is 23.3 Å². The van der Waals surface area contributed by atoms with Crippen molar-refractivity contribution in [1.29, 1.82) is 0 Å². The van der Waals surface area contributed by atoms with Gasteiger partial charge in [-0.3, -0.25) is 19.2 Å². The summed E-state index contributed by atoms with van der Waals surface area (Å²) in [7, 11) is 2.06. The zero-order chi connectivity index (χ0) is 89.8. The molecular weight excluding hydrogens is 1510 g/mol. The van der Waals surface area contributed by atoms with Gasteiger partial charge in [0.2, 0.25) is 11.8 Å². The highest BCUT2D eigenvalue weighted by Gasteiger charge is 2.34. The van der Waals surface area contributed by atoms with Crippen LogP contribution in [-0.4, -0.2) is 154 Å². The third-order valence-corrected chi connectivity index (χ3v) is 24.4. The Labute approximate surface area is 751 Å². The van der Waals surface area contributed by atoms with Crippen LogP contribution in [0.1, 0.15) is 497 Å². The second kappa shape index (κ2) is 97.9. The molecule has 4 amide bonds. The first-order chi connectivity index (χ1) is 58.8. The van der Waals surface area contributed by atoms with E-state index in [9.17, 15) is 29.0 Å². The molecule has 0 radical (unpaired) electrons. The van der Waals surface area contributed by atoms with Gasteiger partial charge in [0.25, 0.3) is 11.8 Å². The first-order valence-corrected chi connectivity index (χ1v) is 52.5. The standard InChI is InChI=1S/C44H92BN3O2.C25H54BN3O2.C18H39N.C12H22BN3O5/c1-5-7-9-11-13-15-17-19-21-23-25-27-29-31-33-37-41-48(44(49)43(46-4)39-35-36-40-47-45(3)50)42-38-34-32-30-28-26-24-22-20-18-16-14-12-10-8-6-2;1-4-5-6-7-8-9-10-11-12-13-14-15-16-19-23(2)22-28-25(30)24(27)20-17-18-21-29-26(3)31;1-3-4-5-6-7-8-9-10-11-12-13-14-15-16-18(2)17-19;1-13(20)15-8-4-3-5-9(14-2)12(19)21-16-10(17)6-7-11(16)18/h43,46-47,50H,5-42H2,1-4H3;23-24,29,31H,4-22,27H2,1-3H3,(H,28,30);18H,3-17,19H2,1-2H3;9,14-15,20H,3-8H2,1-2H3/t43-;23?,24-;;9-/m00.0/s1. The Balaban J connectivity index is -0.00000166. The molecule has 0 bridgehead atoms. The summed E-state index contributed by atoms with van der Waals surface area (Å²) >= 11 is 0. The molecule has 13 N–H and O–H groups in total. The fraction of sp³-hybridized carbons (Fsp3) is 0.949. The molecule has 1 aliphatic heterocycles. The number of unbranched alkanes of at least 4 members (excludes halogenated alkanes) is 57. The number of carbonyl (C=O) groups excluding carboxylic acids is 5. The number of imide groups is 1. The molecular formula is C99H207B3N10O9. The van der Waals surface area contributed by atoms with Gasteiger partial charge in [-0.2, -0.15) is 0 Å². The summed E-state index contributed by atoms with van der Waals surface area (Å²) in [6.45, 7) is 24.4. The molecule has 1 fully saturated rings. The Morgan fingerprint density at radius 2 is 0.620 bits per heavy atom. The van der Waals surface area contributed by atoms with Gasteiger partial charge in [0.05, 0.1) is 12.1 Å². The molecule has 2 unspecified atom stereocenters. The first kappa shape index (κ1) is 122. The van der Waals surface area contributed by atoms with Crippen molar-refractivity contribution in [2.45, 2.75) is 536 Å². The van der Waals surface area contributed by atoms with E-state index in [0.717, 1.165) is 103 Å². The molecule has 121 heavy (non-hydrogen) atoms. The van der Waals surface area contributed by atoms with E-state index in [1.54, 1.807) is 27.5 Å². The van der Waals surface area contributed by atoms with E-state index in [4.69, 9.17) is 26.4 Å². The van der Waals surface area contributed by atoms with Crippen molar-refractivity contribution in [3.05, 3.63) is 0 Å². The van der Waals surface area contributed by atoms with Gasteiger partial charge in [-0.05, 0) is 137 Å². The minimum atomic E-state index is -0.635. The minimum absolute atomic E-state index is 0.0271. The lowest BCUT2D eigenvalue weighted by Crippen LogP contribution is -2.46. The molecule has 0 aromatic heterocycles. The molecule has 0 saturated carbocycles. The smallest absolute Gasteiger partial charge is 0.373 e. The lowest BCUT2D eigenvalue weighted by molar-refractivity contribution is -0.199. The fourth-order valence-electron chi connectivity index (χ4n) is 16.0. The van der Waals surface area contributed by atoms with Crippen LogP contribution in [-0.2, 0) is 28.8 Å². The number of nitrogens with two attached hydrogens (primary N) is 2. The zero-order valence-corrected chi connectivity index (χ0v) is 82.1. The summed E-state index contributed by atoms with van der Waals surface area (Å²) < 4.78 is 0. The number of hydroxylamine groups is 2. The summed E-state index contributed by atoms with van der Waals surface area (Å²) in [6, 6.07) is -1.09. The molecule has 1 rings (SSSR count). The Kier molecular flexibility index (Phi) is 99.1. The number of likely N-dealkylation sites (N-methyl/N-ethyl adjacent to an activating group) is 2. The van der Waals surface area contributed by atoms with E-state index in [-0.39, 0.29) is 24.8 Å². The number of hydrogen-bond acceptors (Lipinski definition) is 16. The molecule has 19 nitrogen and oxygen atoms in total. The van der Waals surface area contributed by atoms with Crippen molar-refractivity contribution in [3.8, 4) is 0 Å². The second-order valence-electron chi connectivity index (χ2n) is 36.8. The maximum Gasteiger partial charge on any atom is 0.373 e. The Hall–Kier alpha value is -2.66. The maximum absolute atomic E-state index is 13.6. The molecule has 1 heterocycles. The molecule has 22 heteroatoms. The Morgan fingerprint density at radius 3 is 0.893 bits per heavy atom. The second-order valence-corrected chi connectivity index (χ2v) is 36.8. The summed E-state index contributed by atoms with van der Waals surface area (Å²) in [5.74, 6) is -0.0799. The van der Waals surface area contributed by atoms with Crippen molar-refractivity contribution in [2.75, 3.05) is 59.9 Å². The van der Waals surface area contributed by atoms with Crippen LogP contribution in [0.3, 0.4) is 0 Å². The highest BCUT2D eigenvalue weighted by molar-refractivity contribution is 6.46. The van der Waals surface area contributed by atoms with Crippen molar-refractivity contribution in [1.82, 2.24) is 41.6 Å². The highest BCUT2D eigenvalue weighted by atomic mass is 16.7. The van der Waals surface area contributed by atoms with E-state index in [0.29, 0.717) is 36.3 Å². The van der Waals surface area contributed by atoms with Crippen molar-refractivity contribution >= 4 is 50.7 Å².